The minimum absolute atomic E-state index is 0. The Bertz CT molecular complexity index is 2700. The number of nitrogens with zero attached hydrogens (tertiary/aromatic N) is 11. The zero-order valence-electron chi connectivity index (χ0n) is 64.0. The van der Waals surface area contributed by atoms with Gasteiger partial charge in [0.05, 0.1) is 55.6 Å². The van der Waals surface area contributed by atoms with Crippen LogP contribution in [0.2, 0.25) is 0 Å². The Morgan fingerprint density at radius 3 is 1.12 bits per heavy atom. The highest BCUT2D eigenvalue weighted by molar-refractivity contribution is 9.09. The van der Waals surface area contributed by atoms with Crippen molar-refractivity contribution in [2.24, 2.45) is 5.73 Å². The summed E-state index contributed by atoms with van der Waals surface area (Å²) >= 11 is 8.14. The molecule has 6 aliphatic rings. The molecule has 103 heavy (non-hydrogen) atoms. The van der Waals surface area contributed by atoms with Crippen LogP contribution in [0.5, 0.6) is 0 Å². The quantitative estimate of drug-likeness (QED) is 0.0164. The van der Waals surface area contributed by atoms with Gasteiger partial charge in [-0.2, -0.15) is 8.42 Å². The van der Waals surface area contributed by atoms with Gasteiger partial charge in [0.1, 0.15) is 38.9 Å². The molecule has 1 unspecified atom stereocenters. The number of amides is 1. The normalized spacial score (nSPS) is 16.6. The lowest BCUT2D eigenvalue weighted by molar-refractivity contribution is -0.812. The van der Waals surface area contributed by atoms with Crippen molar-refractivity contribution in [3.63, 3.8) is 0 Å². The zero-order valence-corrected chi connectivity index (χ0v) is 66.7. The number of likely N-dealkylation sites (tertiary alicyclic amines) is 5. The minimum Gasteiger partial charge on any atom is -0.412 e. The smallest absolute Gasteiger partial charge is 0.412 e. The Hall–Kier alpha value is -4.83. The van der Waals surface area contributed by atoms with E-state index in [4.69, 9.17) is 66.8 Å². The lowest BCUT2D eigenvalue weighted by Gasteiger charge is -2.46. The fourth-order valence-electron chi connectivity index (χ4n) is 6.79. The molecular weight excluding hydrogens is 1520 g/mol. The molecule has 7 N–H and O–H groups in total. The summed E-state index contributed by atoms with van der Waals surface area (Å²) in [7, 11) is 8.03. The van der Waals surface area contributed by atoms with Crippen LogP contribution in [0.3, 0.4) is 0 Å². The Kier molecular flexibility index (Phi) is 72.5. The molecule has 1 atom stereocenters. The number of ether oxygens (including phenoxy) is 1. The fraction of sp³-hybridized carbons (Fsp3) is 0.847. The van der Waals surface area contributed by atoms with E-state index in [1.807, 2.05) is 41.5 Å². The van der Waals surface area contributed by atoms with Crippen molar-refractivity contribution in [2.75, 3.05) is 115 Å². The van der Waals surface area contributed by atoms with Crippen LogP contribution >= 0.6 is 38.2 Å². The summed E-state index contributed by atoms with van der Waals surface area (Å²) < 4.78 is 75.9. The molecule has 6 fully saturated rings. The van der Waals surface area contributed by atoms with E-state index < -0.39 is 63.3 Å². The summed E-state index contributed by atoms with van der Waals surface area (Å²) in [5, 5.41) is 73.1. The van der Waals surface area contributed by atoms with Gasteiger partial charge in [0, 0.05) is 106 Å². The van der Waals surface area contributed by atoms with Gasteiger partial charge < -0.3 is 30.9 Å². The van der Waals surface area contributed by atoms with Crippen LogP contribution in [0.1, 0.15) is 151 Å². The molecule has 0 bridgehead atoms. The minimum atomic E-state index is -3.28. The van der Waals surface area contributed by atoms with E-state index >= 15 is 0 Å². The number of terminal acetylenes is 3. The van der Waals surface area contributed by atoms with Gasteiger partial charge in [0.15, 0.2) is 13.1 Å². The molecule has 0 spiro atoms. The average Bonchev–Trinajstić information content (AvgIpc) is 0.849. The van der Waals surface area contributed by atoms with Crippen molar-refractivity contribution in [3.05, 3.63) is 50.6 Å². The number of β-amino-alcohol motifs (C(OH)–C–C–N with tert-alkyl or cyclic N) is 1. The molecule has 0 aromatic rings. The molecule has 5 radical (unpaired) electrons. The van der Waals surface area contributed by atoms with Gasteiger partial charge in [-0.3, -0.25) is 94.4 Å². The zero-order chi connectivity index (χ0) is 82.7. The van der Waals surface area contributed by atoms with E-state index in [0.29, 0.717) is 38.2 Å². The van der Waals surface area contributed by atoms with E-state index in [1.54, 1.807) is 11.8 Å². The highest BCUT2D eigenvalue weighted by atomic mass is 79.9. The number of carbonyl (C=O) groups is 1. The second kappa shape index (κ2) is 61.2. The molecule has 1 amide bonds. The van der Waals surface area contributed by atoms with E-state index in [-0.39, 0.29) is 102 Å². The van der Waals surface area contributed by atoms with Crippen molar-refractivity contribution >= 4 is 85.8 Å². The van der Waals surface area contributed by atoms with E-state index in [0.717, 1.165) is 44.2 Å². The molecular formula is C59H122B3BrCl2F3N12O21S2. The number of epoxide rings is 1. The van der Waals surface area contributed by atoms with Crippen LogP contribution in [0.25, 0.3) is 0 Å². The molecule has 6 heterocycles. The molecule has 44 heteroatoms. The second-order valence-electron chi connectivity index (χ2n) is 26.4. The third-order valence-electron chi connectivity index (χ3n) is 12.7. The maximum absolute atomic E-state index is 11.0. The molecule has 6 aliphatic heterocycles. The first-order valence-electron chi connectivity index (χ1n) is 30.8. The molecule has 0 aromatic carbocycles. The van der Waals surface area contributed by atoms with Crippen molar-refractivity contribution < 1.29 is 94.5 Å². The van der Waals surface area contributed by atoms with Crippen LogP contribution in [0, 0.1) is 99.4 Å². The fourth-order valence-corrected chi connectivity index (χ4v) is 7.94. The molecule has 607 valence electrons. The Labute approximate surface area is 636 Å². The first-order chi connectivity index (χ1) is 45.7. The molecule has 6 saturated heterocycles. The van der Waals surface area contributed by atoms with Crippen LogP contribution < -0.4 is 5.73 Å². The number of aliphatic hydroxyl groups is 1. The number of nitrogens with two attached hydrogens (primary N) is 1. The van der Waals surface area contributed by atoms with Gasteiger partial charge >= 0.3 is 11.3 Å². The number of aliphatic hydroxyl groups excluding tert-OH is 1. The third kappa shape index (κ3) is 65.2. The number of hydrogen-bond donors (Lipinski definition) is 4. The molecule has 33 nitrogen and oxygen atoms in total. The number of hydrogen-bond acceptors (Lipinski definition) is 26. The standard InChI is InChI=1S/C8H17NO3S.C7H13N3O4.C7H14N2O2.C7H15NO.C6H15N.C6H2.C5H6BrN3O5.C4H11N.C3H5ClO.C3H4.CH3ClO2S.2CH4.B3.F2.FH.H2O2.H2O.2H2/c1-8(2,3)9-5-7(6-9)12-13(4,10)11;1-6(2,3)8-4-7(5-8,9(11)12)10(13)14;1-7(2,3)8-4-6(5-8)9(10)11;1-7(2,3)8-4-6(9)5-8;1-4-7(5-2)6-3;1-3-5-6-4-2;6-1-4(10)7-2-5(3-7,8(11)12)9(13)14;1-4(2,3)5;4-1-3-2-5-3;1-3-2;1-5(2,3)4;;;1-3-2;1-2;;1-2;;;/h7H,5-6H2,1-4H3;4-5H2,1-3H3;6H,4-5H2,1-3H3;6,9H,4-5H2,1-3H3;4-6H2,1-3H3;1-2H;1-3H2;5H2,1-3H3;3H,1-2H2;1H,2H3;1H3;2*1H4;;;1H;1-2H;1H2;2*1H/i;;;;;;;;;;;;;;;;;;1+1D;1+1. The molecule has 0 aromatic heterocycles. The summed E-state index contributed by atoms with van der Waals surface area (Å²) in [5.74, 6) is 11.1. The average molecular weight is 1640 g/mol. The maximum Gasteiger partial charge on any atom is 0.492 e. The van der Waals surface area contributed by atoms with Gasteiger partial charge in [-0.15, -0.1) is 36.8 Å². The maximum atomic E-state index is 11.0. The predicted molar refractivity (Wildman–Crippen MR) is 413 cm³/mol. The summed E-state index contributed by atoms with van der Waals surface area (Å²) in [4.78, 5) is 71.2. The van der Waals surface area contributed by atoms with Gasteiger partial charge in [-0.1, -0.05) is 51.6 Å². The number of nitro groups is 5. The Morgan fingerprint density at radius 2 is 0.961 bits per heavy atom. The lowest BCUT2D eigenvalue weighted by atomic mass is 9.40. The SMILES string of the molecule is C.C.C#CC.C#CC#CC#C.CC(C)(C)N.CC(C)(C)N1CC(O)C1.CC(C)(C)N1CC(OS(C)(=O)=O)C1.CC(C)(C)N1CC([N+](=O)[O-])([N+](=O)[O-])C1.CC(C)(C)N1CC([N+](=O)[O-])C1.CCN(CC)CC.CS(=O)(=O)Cl.ClCC1CO1.F.FF.O.O=C(CBr)N1CC([N+](=O)[O-])([N+](=O)[O-])C1.OO.[2HH].[2H][2H].[B][B][B]. The van der Waals surface area contributed by atoms with Gasteiger partial charge in [0.2, 0.25) is 21.0 Å². The Morgan fingerprint density at radius 1 is 0.709 bits per heavy atom. The summed E-state index contributed by atoms with van der Waals surface area (Å²) in [6, 6.07) is -0.325. The molecule has 0 aliphatic carbocycles. The van der Waals surface area contributed by atoms with Gasteiger partial charge in [-0.25, -0.2) is 8.42 Å². The molecule has 6 rings (SSSR count). The van der Waals surface area contributed by atoms with Gasteiger partial charge in [0.25, 0.3) is 10.1 Å². The van der Waals surface area contributed by atoms with Crippen LogP contribution in [-0.4, -0.2) is 299 Å². The predicted octanol–water partition coefficient (Wildman–Crippen LogP) is 6.08. The van der Waals surface area contributed by atoms with Crippen molar-refractivity contribution in [1.29, 1.82) is 0 Å². The molecule has 0 saturated carbocycles. The summed E-state index contributed by atoms with van der Waals surface area (Å²) in [6.07, 6.45) is 16.2. The number of alkyl halides is 2. The van der Waals surface area contributed by atoms with Crippen LogP contribution in [-0.2, 0) is 32.9 Å². The number of halogens is 6. The number of rotatable bonds is 12. The monoisotopic (exact) mass is 1640 g/mol. The van der Waals surface area contributed by atoms with Crippen LogP contribution in [0.4, 0.5) is 13.9 Å². The topological polar surface area (TPSA) is 460 Å². The van der Waals surface area contributed by atoms with E-state index in [2.05, 4.69) is 181 Å². The summed E-state index contributed by atoms with van der Waals surface area (Å²) in [6.45, 7) is 46.4. The third-order valence-corrected chi connectivity index (χ3v) is 14.1. The first-order valence-corrected chi connectivity index (χ1v) is 36.0. The van der Waals surface area contributed by atoms with E-state index in [9.17, 15) is 72.2 Å². The Balaban J connectivity index is -0.0000000736. The van der Waals surface area contributed by atoms with Crippen LogP contribution in [0.15, 0.2) is 0 Å². The van der Waals surface area contributed by atoms with Crippen molar-refractivity contribution in [3.8, 4) is 48.9 Å². The van der Waals surface area contributed by atoms with Gasteiger partial charge in [-0.05, 0) is 154 Å². The number of carbonyl (C=O) groups excluding carboxylic acids is 1. The van der Waals surface area contributed by atoms with Crippen molar-refractivity contribution in [2.45, 2.75) is 210 Å². The first kappa shape index (κ1) is 122. The van der Waals surface area contributed by atoms with Crippen molar-refractivity contribution in [1.82, 2.24) is 29.4 Å². The van der Waals surface area contributed by atoms with E-state index in [1.165, 1.54) is 19.6 Å². The highest BCUT2D eigenvalue weighted by Crippen LogP contribution is 2.32. The summed E-state index contributed by atoms with van der Waals surface area (Å²) in [5.41, 5.74) is 1.37. The second-order valence-corrected chi connectivity index (χ2v) is 32.0. The largest absolute Gasteiger partial charge is 0.492 e. The highest BCUT2D eigenvalue weighted by Gasteiger charge is 2.68. The lowest BCUT2D eigenvalue weighted by Crippen LogP contribution is -2.73.